The van der Waals surface area contributed by atoms with Gasteiger partial charge in [0, 0.05) is 31.0 Å². The number of rotatable bonds is 38. The molecule has 0 saturated heterocycles. The topological polar surface area (TPSA) is 52.6 Å². The Balaban J connectivity index is -0.000000846. The van der Waals surface area contributed by atoms with Crippen LogP contribution in [0.2, 0.25) is 0 Å². The van der Waals surface area contributed by atoms with Gasteiger partial charge in [0.2, 0.25) is 0 Å². The Hall–Kier alpha value is 0.263. The minimum Gasteiger partial charge on any atom is -0.466 e. The van der Waals surface area contributed by atoms with E-state index in [2.05, 4.69) is 39.1 Å². The van der Waals surface area contributed by atoms with E-state index in [1.807, 2.05) is 0 Å². The molecular weight excluding hydrogens is 698 g/mol. The van der Waals surface area contributed by atoms with Gasteiger partial charge < -0.3 is 9.47 Å². The summed E-state index contributed by atoms with van der Waals surface area (Å²) in [5.74, 6) is 0.951. The van der Waals surface area contributed by atoms with Crippen molar-refractivity contribution in [1.82, 2.24) is 0 Å². The van der Waals surface area contributed by atoms with Gasteiger partial charge in [-0.05, 0) is 12.8 Å². The Morgan fingerprint density at radius 2 is 0.531 bits per heavy atom. The average Bonchev–Trinajstić information content (AvgIpc) is 3.08. The fourth-order valence-electron chi connectivity index (χ4n) is 6.00. The normalized spacial score (nSPS) is 10.7. The van der Waals surface area contributed by atoms with Crippen LogP contribution in [-0.4, -0.2) is 36.7 Å². The van der Waals surface area contributed by atoms with E-state index in [0.717, 1.165) is 12.8 Å². The molecule has 0 aromatic rings. The molecule has 0 aromatic heterocycles. The second-order valence-corrected chi connectivity index (χ2v) is 14.9. The van der Waals surface area contributed by atoms with Crippen molar-refractivity contribution in [2.45, 2.75) is 232 Å². The van der Waals surface area contributed by atoms with Crippen LogP contribution >= 0.6 is 25.3 Å². The molecule has 49 heavy (non-hydrogen) atoms. The van der Waals surface area contributed by atoms with Crippen molar-refractivity contribution in [3.8, 4) is 0 Å². The molecule has 0 fully saturated rings. The van der Waals surface area contributed by atoms with E-state index < -0.39 is 0 Å². The smallest absolute Gasteiger partial charge is 0.306 e. The Morgan fingerprint density at radius 3 is 0.714 bits per heavy atom. The summed E-state index contributed by atoms with van der Waals surface area (Å²) in [6.07, 6.45) is 44.6. The van der Waals surface area contributed by atoms with Crippen LogP contribution in [-0.2, 0) is 38.5 Å². The molecule has 0 aliphatic rings. The second-order valence-electron chi connectivity index (χ2n) is 14.0. The number of thiol groups is 2. The van der Waals surface area contributed by atoms with E-state index in [0.29, 0.717) is 37.6 Å². The summed E-state index contributed by atoms with van der Waals surface area (Å²) < 4.78 is 10.2. The number of hydrogen-bond donors (Lipinski definition) is 2. The summed E-state index contributed by atoms with van der Waals surface area (Å²) in [7, 11) is 0. The first kappa shape index (κ1) is 53.6. The number of hydrogen-bond acceptors (Lipinski definition) is 6. The summed E-state index contributed by atoms with van der Waals surface area (Å²) in [4.78, 5) is 22.3. The van der Waals surface area contributed by atoms with Crippen LogP contribution in [0.3, 0.4) is 0 Å². The van der Waals surface area contributed by atoms with Crippen molar-refractivity contribution >= 4 is 37.2 Å². The van der Waals surface area contributed by atoms with Crippen molar-refractivity contribution in [3.05, 3.63) is 0 Å². The van der Waals surface area contributed by atoms with Gasteiger partial charge in [-0.3, -0.25) is 9.59 Å². The maximum Gasteiger partial charge on any atom is 0.306 e. The van der Waals surface area contributed by atoms with Crippen LogP contribution in [0.15, 0.2) is 0 Å². The first-order valence-electron chi connectivity index (χ1n) is 21.1. The van der Waals surface area contributed by atoms with Crippen molar-refractivity contribution in [1.29, 1.82) is 0 Å². The Kier molecular flexibility index (Phi) is 55.1. The summed E-state index contributed by atoms with van der Waals surface area (Å²) in [6, 6.07) is 0. The zero-order valence-electron chi connectivity index (χ0n) is 33.1. The van der Waals surface area contributed by atoms with E-state index in [9.17, 15) is 9.59 Å². The zero-order valence-corrected chi connectivity index (χ0v) is 37.9. The van der Waals surface area contributed by atoms with Gasteiger partial charge in [0.25, 0.3) is 0 Å². The van der Waals surface area contributed by atoms with Crippen molar-refractivity contribution in [3.63, 3.8) is 0 Å². The molecule has 0 radical (unpaired) electrons. The molecule has 0 atom stereocenters. The van der Waals surface area contributed by atoms with Gasteiger partial charge in [0.05, 0.1) is 26.1 Å². The Morgan fingerprint density at radius 1 is 0.347 bits per heavy atom. The molecule has 0 spiro atoms. The largest absolute Gasteiger partial charge is 0.466 e. The molecule has 0 N–H and O–H groups in total. The second kappa shape index (κ2) is 50.4. The minimum absolute atomic E-state index is 0. The predicted molar refractivity (Wildman–Crippen MR) is 218 cm³/mol. The maximum absolute atomic E-state index is 11.1. The monoisotopic (exact) mass is 781 g/mol. The molecule has 4 nitrogen and oxygen atoms in total. The fourth-order valence-corrected chi connectivity index (χ4v) is 6.36. The number of esters is 2. The summed E-state index contributed by atoms with van der Waals surface area (Å²) >= 11 is 8.03. The third-order valence-electron chi connectivity index (χ3n) is 9.15. The van der Waals surface area contributed by atoms with Crippen LogP contribution in [0, 0.1) is 0 Å². The van der Waals surface area contributed by atoms with Gasteiger partial charge >= 0.3 is 11.9 Å². The molecule has 290 valence electrons. The number of ether oxygens (including phenoxy) is 2. The predicted octanol–water partition coefficient (Wildman–Crippen LogP) is 14.2. The van der Waals surface area contributed by atoms with Gasteiger partial charge in [0.15, 0.2) is 0 Å². The van der Waals surface area contributed by atoms with E-state index in [4.69, 9.17) is 9.47 Å². The number of carbonyl (C=O) groups excluding carboxylic acids is 2. The SMILES string of the molecule is CCCCCCCCCCCCCCCCCCOC(=O)CCS.CCCCCCCCCCCCCCCCCCOC(=O)CCS.[Zn]. The van der Waals surface area contributed by atoms with Crippen LogP contribution in [0.1, 0.15) is 232 Å². The molecule has 0 amide bonds. The van der Waals surface area contributed by atoms with Crippen LogP contribution in [0.25, 0.3) is 0 Å². The molecule has 0 unspecified atom stereocenters. The molecule has 0 rings (SSSR count). The average molecular weight is 783 g/mol. The third kappa shape index (κ3) is 52.7. The molecule has 0 aliphatic heterocycles. The molecule has 7 heteroatoms. The van der Waals surface area contributed by atoms with E-state index in [1.54, 1.807) is 0 Å². The first-order valence-corrected chi connectivity index (χ1v) is 22.4. The molecule has 0 aliphatic carbocycles. The van der Waals surface area contributed by atoms with Crippen molar-refractivity contribution < 1.29 is 38.5 Å². The van der Waals surface area contributed by atoms with Gasteiger partial charge in [-0.25, -0.2) is 0 Å². The summed E-state index contributed by atoms with van der Waals surface area (Å²) in [6.45, 7) is 5.74. The van der Waals surface area contributed by atoms with Gasteiger partial charge in [-0.2, -0.15) is 25.3 Å². The van der Waals surface area contributed by atoms with Crippen LogP contribution in [0.5, 0.6) is 0 Å². The van der Waals surface area contributed by atoms with E-state index in [1.165, 1.54) is 193 Å². The first-order chi connectivity index (χ1) is 23.6. The van der Waals surface area contributed by atoms with Gasteiger partial charge in [-0.15, -0.1) is 0 Å². The third-order valence-corrected chi connectivity index (χ3v) is 9.60. The molecular formula is C42H84O4S2Zn. The maximum atomic E-state index is 11.1. The van der Waals surface area contributed by atoms with Crippen LogP contribution < -0.4 is 0 Å². The van der Waals surface area contributed by atoms with Crippen LogP contribution in [0.4, 0.5) is 0 Å². The van der Waals surface area contributed by atoms with Gasteiger partial charge in [0.1, 0.15) is 0 Å². The molecule has 0 bridgehead atoms. The van der Waals surface area contributed by atoms with E-state index >= 15 is 0 Å². The van der Waals surface area contributed by atoms with Gasteiger partial charge in [-0.1, -0.05) is 206 Å². The Bertz CT molecular complexity index is 571. The standard InChI is InChI=1S/2C21H42O2S.Zn/c2*1-2-3-4-5-6-7-8-9-10-11-12-13-14-15-16-17-19-23-21(22)18-20-24;/h2*24H,2-20H2,1H3;. The number of carbonyl (C=O) groups is 2. The number of unbranched alkanes of at least 4 members (excludes halogenated alkanes) is 30. The Labute approximate surface area is 330 Å². The fraction of sp³-hybridized carbons (Fsp3) is 0.952. The van der Waals surface area contributed by atoms with Crippen molar-refractivity contribution in [2.24, 2.45) is 0 Å². The molecule has 0 saturated carbocycles. The minimum atomic E-state index is -0.106. The zero-order chi connectivity index (χ0) is 35.4. The quantitative estimate of drug-likeness (QED) is 0.0283. The van der Waals surface area contributed by atoms with Crippen molar-refractivity contribution in [2.75, 3.05) is 24.7 Å². The molecule has 0 aromatic carbocycles. The summed E-state index contributed by atoms with van der Waals surface area (Å²) in [5.41, 5.74) is 0. The van der Waals surface area contributed by atoms with E-state index in [-0.39, 0.29) is 31.4 Å². The summed E-state index contributed by atoms with van der Waals surface area (Å²) in [5, 5.41) is 0. The molecule has 0 heterocycles.